The van der Waals surface area contributed by atoms with Gasteiger partial charge >= 0.3 is 0 Å². The number of amides is 1. The van der Waals surface area contributed by atoms with Crippen molar-refractivity contribution in [1.29, 1.82) is 0 Å². The van der Waals surface area contributed by atoms with Crippen LogP contribution in [0.25, 0.3) is 49.9 Å². The fourth-order valence-electron chi connectivity index (χ4n) is 6.25. The van der Waals surface area contributed by atoms with Gasteiger partial charge in [-0.2, -0.15) is 0 Å². The van der Waals surface area contributed by atoms with Crippen LogP contribution in [0.15, 0.2) is 78.9 Å². The first kappa shape index (κ1) is 24.4. The summed E-state index contributed by atoms with van der Waals surface area (Å²) >= 11 is 0. The van der Waals surface area contributed by atoms with E-state index < -0.39 is 5.91 Å². The summed E-state index contributed by atoms with van der Waals surface area (Å²) in [5, 5.41) is 15.4. The summed E-state index contributed by atoms with van der Waals surface area (Å²) < 4.78 is 16.1. The summed E-state index contributed by atoms with van der Waals surface area (Å²) in [6.07, 6.45) is 2.90. The maximum absolute atomic E-state index is 13.9. The summed E-state index contributed by atoms with van der Waals surface area (Å²) in [5.74, 6) is -0.0167. The molecule has 1 aliphatic rings. The van der Waals surface area contributed by atoms with Gasteiger partial charge in [0.2, 0.25) is 0 Å². The highest BCUT2D eigenvalue weighted by Gasteiger charge is 2.28. The Morgan fingerprint density at radius 2 is 1.90 bits per heavy atom. The van der Waals surface area contributed by atoms with Crippen LogP contribution in [0.5, 0.6) is 0 Å². The highest BCUT2D eigenvalue weighted by atomic mass is 19.1. The predicted octanol–water partition coefficient (Wildman–Crippen LogP) is 6.14. The van der Waals surface area contributed by atoms with E-state index in [1.54, 1.807) is 12.1 Å². The number of hydrogen-bond donors (Lipinski definition) is 4. The van der Waals surface area contributed by atoms with Crippen LogP contribution in [0.3, 0.4) is 0 Å². The van der Waals surface area contributed by atoms with Crippen molar-refractivity contribution in [2.24, 2.45) is 11.7 Å². The number of nitrogens with zero attached hydrogens (tertiary/aromatic N) is 2. The van der Waals surface area contributed by atoms with Gasteiger partial charge in [-0.1, -0.05) is 36.8 Å². The van der Waals surface area contributed by atoms with Crippen molar-refractivity contribution in [2.45, 2.75) is 25.3 Å². The third-order valence-electron chi connectivity index (χ3n) is 8.16. The van der Waals surface area contributed by atoms with Crippen LogP contribution in [0.4, 0.5) is 10.1 Å². The molecule has 8 heteroatoms. The third kappa shape index (κ3) is 3.91. The molecule has 2 aromatic heterocycles. The number of rotatable bonds is 6. The standard InChI is InChI=1S/C32H28FN5O2/c33-19-11-14-25-27(15-19)37-32(36-25)23-7-4-10-29-30(23)22-6-1-2-9-28(22)38(29)20-12-13-21(31(34)40)26(16-20)35-24-8-3-5-18(24)17-39/h1-2,4,6-7,9-16,18,24,35,39H,3,5,8,17H2,(H2,34,40)(H,36,37)/t18-,24-/m1/s1. The first-order chi connectivity index (χ1) is 19.5. The van der Waals surface area contributed by atoms with E-state index in [1.165, 1.54) is 12.1 Å². The normalized spacial score (nSPS) is 17.2. The number of imidazole rings is 1. The summed E-state index contributed by atoms with van der Waals surface area (Å²) in [4.78, 5) is 20.4. The fourth-order valence-corrected chi connectivity index (χ4v) is 6.25. The minimum Gasteiger partial charge on any atom is -0.396 e. The van der Waals surface area contributed by atoms with E-state index in [1.807, 2.05) is 36.4 Å². The molecule has 6 aromatic rings. The van der Waals surface area contributed by atoms with Crippen molar-refractivity contribution in [3.8, 4) is 17.1 Å². The second kappa shape index (κ2) is 9.50. The van der Waals surface area contributed by atoms with Crippen molar-refractivity contribution in [2.75, 3.05) is 11.9 Å². The van der Waals surface area contributed by atoms with Gasteiger partial charge in [0, 0.05) is 46.3 Å². The van der Waals surface area contributed by atoms with Gasteiger partial charge in [0.1, 0.15) is 11.6 Å². The van der Waals surface area contributed by atoms with Crippen molar-refractivity contribution in [3.63, 3.8) is 0 Å². The number of primary amides is 1. The summed E-state index contributed by atoms with van der Waals surface area (Å²) in [6.45, 7) is 0.105. The van der Waals surface area contributed by atoms with Crippen LogP contribution in [0.2, 0.25) is 0 Å². The number of benzene rings is 4. The van der Waals surface area contributed by atoms with Crippen LogP contribution in [0.1, 0.15) is 29.6 Å². The average Bonchev–Trinajstić information content (AvgIpc) is 3.67. The number of aliphatic hydroxyl groups is 1. The number of nitrogens with one attached hydrogen (secondary N) is 2. The molecule has 0 saturated heterocycles. The molecule has 7 rings (SSSR count). The number of hydrogen-bond acceptors (Lipinski definition) is 4. The largest absolute Gasteiger partial charge is 0.396 e. The highest BCUT2D eigenvalue weighted by molar-refractivity contribution is 6.15. The van der Waals surface area contributed by atoms with Crippen molar-refractivity contribution >= 4 is 44.4 Å². The molecule has 0 spiro atoms. The number of fused-ring (bicyclic) bond motifs is 4. The zero-order valence-corrected chi connectivity index (χ0v) is 21.7. The number of aromatic amines is 1. The summed E-state index contributed by atoms with van der Waals surface area (Å²) in [7, 11) is 0. The van der Waals surface area contributed by atoms with Gasteiger partial charge in [-0.3, -0.25) is 4.79 Å². The van der Waals surface area contributed by atoms with E-state index in [9.17, 15) is 14.3 Å². The van der Waals surface area contributed by atoms with Crippen LogP contribution in [-0.4, -0.2) is 38.2 Å². The number of aliphatic hydroxyl groups excluding tert-OH is 1. The molecule has 1 saturated carbocycles. The lowest BCUT2D eigenvalue weighted by atomic mass is 10.0. The molecule has 4 aromatic carbocycles. The molecule has 0 radical (unpaired) electrons. The van der Waals surface area contributed by atoms with Crippen LogP contribution in [0, 0.1) is 11.7 Å². The monoisotopic (exact) mass is 533 g/mol. The fraction of sp³-hybridized carbons (Fsp3) is 0.188. The molecular formula is C32H28FN5O2. The number of anilines is 1. The summed E-state index contributed by atoms with van der Waals surface area (Å²) in [6, 6.07) is 24.5. The van der Waals surface area contributed by atoms with Crippen LogP contribution >= 0.6 is 0 Å². The number of nitrogens with two attached hydrogens (primary N) is 1. The van der Waals surface area contributed by atoms with Crippen molar-refractivity contribution in [3.05, 3.63) is 90.2 Å². The smallest absolute Gasteiger partial charge is 0.250 e. The van der Waals surface area contributed by atoms with Gasteiger partial charge in [0.05, 0.1) is 27.6 Å². The Morgan fingerprint density at radius 1 is 1.05 bits per heavy atom. The maximum atomic E-state index is 13.9. The lowest BCUT2D eigenvalue weighted by Gasteiger charge is -2.22. The first-order valence-corrected chi connectivity index (χ1v) is 13.5. The van der Waals surface area contributed by atoms with E-state index in [-0.39, 0.29) is 24.4 Å². The average molecular weight is 534 g/mol. The van der Waals surface area contributed by atoms with Crippen LogP contribution < -0.4 is 11.1 Å². The number of aromatic nitrogens is 3. The number of H-pyrrole nitrogens is 1. The van der Waals surface area contributed by atoms with Gasteiger partial charge in [-0.05, 0) is 61.4 Å². The van der Waals surface area contributed by atoms with Gasteiger partial charge < -0.3 is 25.7 Å². The number of para-hydroxylation sites is 1. The Kier molecular flexibility index (Phi) is 5.78. The molecule has 5 N–H and O–H groups in total. The van der Waals surface area contributed by atoms with E-state index in [0.29, 0.717) is 28.1 Å². The van der Waals surface area contributed by atoms with Crippen molar-refractivity contribution < 1.29 is 14.3 Å². The second-order valence-electron chi connectivity index (χ2n) is 10.5. The van der Waals surface area contributed by atoms with E-state index in [2.05, 4.69) is 33.1 Å². The van der Waals surface area contributed by atoms with Gasteiger partial charge in [0.15, 0.2) is 0 Å². The number of halogens is 1. The van der Waals surface area contributed by atoms with E-state index in [4.69, 9.17) is 10.7 Å². The Morgan fingerprint density at radius 3 is 2.75 bits per heavy atom. The van der Waals surface area contributed by atoms with E-state index in [0.717, 1.165) is 52.3 Å². The molecule has 2 heterocycles. The molecule has 7 nitrogen and oxygen atoms in total. The molecule has 1 fully saturated rings. The lowest BCUT2D eigenvalue weighted by molar-refractivity contribution is 0.100. The second-order valence-corrected chi connectivity index (χ2v) is 10.5. The zero-order valence-electron chi connectivity index (χ0n) is 21.7. The topological polar surface area (TPSA) is 109 Å². The predicted molar refractivity (Wildman–Crippen MR) is 156 cm³/mol. The molecule has 2 atom stereocenters. The Bertz CT molecular complexity index is 1920. The number of carbonyl (C=O) groups is 1. The molecule has 0 unspecified atom stereocenters. The van der Waals surface area contributed by atoms with Gasteiger partial charge in [-0.15, -0.1) is 0 Å². The molecule has 200 valence electrons. The Hall–Kier alpha value is -4.69. The molecule has 40 heavy (non-hydrogen) atoms. The SMILES string of the molecule is NC(=O)c1ccc(-n2c3ccccc3c3c(-c4nc5ccc(F)cc5[nH]4)cccc32)cc1N[C@@H]1CCC[C@@H]1CO. The first-order valence-electron chi connectivity index (χ1n) is 13.5. The Balaban J connectivity index is 1.43. The third-order valence-corrected chi connectivity index (χ3v) is 8.16. The van der Waals surface area contributed by atoms with Gasteiger partial charge in [0.25, 0.3) is 5.91 Å². The minimum atomic E-state index is -0.501. The number of carbonyl (C=O) groups excluding carboxylic acids is 1. The highest BCUT2D eigenvalue weighted by Crippen LogP contribution is 2.39. The quantitative estimate of drug-likeness (QED) is 0.206. The molecule has 0 aliphatic heterocycles. The van der Waals surface area contributed by atoms with E-state index >= 15 is 0 Å². The molecule has 1 aliphatic carbocycles. The van der Waals surface area contributed by atoms with Gasteiger partial charge in [-0.25, -0.2) is 9.37 Å². The molecule has 0 bridgehead atoms. The Labute approximate surface area is 229 Å². The summed E-state index contributed by atoms with van der Waals surface area (Å²) in [5.41, 5.74) is 11.9. The minimum absolute atomic E-state index is 0.0704. The van der Waals surface area contributed by atoms with Crippen LogP contribution in [-0.2, 0) is 0 Å². The maximum Gasteiger partial charge on any atom is 0.250 e. The van der Waals surface area contributed by atoms with Crippen molar-refractivity contribution in [1.82, 2.24) is 14.5 Å². The zero-order chi connectivity index (χ0) is 27.4. The molecular weight excluding hydrogens is 505 g/mol. The molecule has 1 amide bonds. The lowest BCUT2D eigenvalue weighted by Crippen LogP contribution is -2.28.